The third-order valence-electron chi connectivity index (χ3n) is 8.78. The Kier molecular flexibility index (Phi) is 8.23. The number of fused-ring (bicyclic) bond motifs is 6. The molecule has 0 saturated carbocycles. The van der Waals surface area contributed by atoms with Crippen LogP contribution in [-0.4, -0.2) is 0 Å². The second-order valence-corrected chi connectivity index (χ2v) is 14.9. The molecule has 250 valence electrons. The second-order valence-electron chi connectivity index (χ2n) is 12.9. The molecule has 0 spiro atoms. The molecule has 50 heavy (non-hydrogen) atoms. The number of hydrogen-bond donors (Lipinski definition) is 0. The summed E-state index contributed by atoms with van der Waals surface area (Å²) in [6.07, 6.45) is 0. The van der Waals surface area contributed by atoms with Crippen LogP contribution in [0.3, 0.4) is 0 Å². The van der Waals surface area contributed by atoms with Gasteiger partial charge < -0.3 is 25.8 Å². The molecule has 2 aromatic heterocycles. The van der Waals surface area contributed by atoms with Crippen molar-refractivity contribution in [3.8, 4) is 22.6 Å². The van der Waals surface area contributed by atoms with E-state index in [-0.39, 0.29) is 0 Å². The van der Waals surface area contributed by atoms with Crippen LogP contribution in [0.15, 0.2) is 126 Å². The van der Waals surface area contributed by atoms with Gasteiger partial charge in [0.2, 0.25) is 0 Å². The van der Waals surface area contributed by atoms with Crippen molar-refractivity contribution in [1.82, 2.24) is 0 Å². The quantitative estimate of drug-likeness (QED) is 0.178. The monoisotopic (exact) mass is 698 g/mol. The van der Waals surface area contributed by atoms with E-state index in [2.05, 4.69) is 64.1 Å². The van der Waals surface area contributed by atoms with Crippen LogP contribution >= 0.6 is 16.5 Å². The van der Waals surface area contributed by atoms with Gasteiger partial charge in [0.05, 0.1) is 0 Å². The summed E-state index contributed by atoms with van der Waals surface area (Å²) in [7, 11) is -3.76. The normalized spacial score (nSPS) is 11.4. The average molecular weight is 699 g/mol. The lowest BCUT2D eigenvalue weighted by Gasteiger charge is -2.18. The fourth-order valence-electron chi connectivity index (χ4n) is 6.54. The highest BCUT2D eigenvalue weighted by atomic mass is 31.1. The SMILES string of the molecule is Cc1cc(C)c(Op2oc3ccccc3c3ccccc3o2)c(-c2cc(C)cc(C)c2Op2oc3ccc(C)cc3c3cc(C)ccc3o2)c1. The van der Waals surface area contributed by atoms with Crippen molar-refractivity contribution in [2.75, 3.05) is 0 Å². The summed E-state index contributed by atoms with van der Waals surface area (Å²) in [6, 6.07) is 36.7. The van der Waals surface area contributed by atoms with Gasteiger partial charge in [0.1, 0.15) is 33.8 Å². The highest BCUT2D eigenvalue weighted by molar-refractivity contribution is 7.32. The predicted molar refractivity (Wildman–Crippen MR) is 205 cm³/mol. The van der Waals surface area contributed by atoms with Gasteiger partial charge in [0, 0.05) is 32.7 Å². The van der Waals surface area contributed by atoms with Gasteiger partial charge in [-0.3, -0.25) is 0 Å². The van der Waals surface area contributed by atoms with E-state index in [1.165, 1.54) is 0 Å². The Labute approximate surface area is 292 Å². The van der Waals surface area contributed by atoms with Crippen molar-refractivity contribution < 1.29 is 25.8 Å². The molecule has 0 aliphatic carbocycles. The maximum absolute atomic E-state index is 6.83. The van der Waals surface area contributed by atoms with Crippen molar-refractivity contribution >= 4 is 60.4 Å². The largest absolute Gasteiger partial charge is 0.453 e. The summed E-state index contributed by atoms with van der Waals surface area (Å²) < 4.78 is 39.6. The van der Waals surface area contributed by atoms with Crippen LogP contribution in [0.1, 0.15) is 33.4 Å². The third kappa shape index (κ3) is 6.07. The zero-order valence-electron chi connectivity index (χ0n) is 28.7. The first kappa shape index (κ1) is 32.0. The topological polar surface area (TPSA) is 71.0 Å². The molecule has 0 N–H and O–H groups in total. The zero-order valence-corrected chi connectivity index (χ0v) is 30.5. The molecular weight excluding hydrogens is 662 g/mol. The number of aryl methyl sites for hydroxylation is 6. The van der Waals surface area contributed by atoms with Crippen LogP contribution in [0.2, 0.25) is 0 Å². The van der Waals surface area contributed by atoms with Gasteiger partial charge in [-0.1, -0.05) is 71.8 Å². The molecule has 0 saturated heterocycles. The highest BCUT2D eigenvalue weighted by Gasteiger charge is 2.22. The summed E-state index contributed by atoms with van der Waals surface area (Å²) in [5.41, 5.74) is 10.9. The smallest absolute Gasteiger partial charge is 0.390 e. The second kappa shape index (κ2) is 12.9. The maximum atomic E-state index is 6.83. The van der Waals surface area contributed by atoms with Crippen LogP contribution < -0.4 is 9.05 Å². The molecule has 0 aliphatic heterocycles. The van der Waals surface area contributed by atoms with E-state index in [1.54, 1.807) is 0 Å². The summed E-state index contributed by atoms with van der Waals surface area (Å²) in [5, 5.41) is 3.89. The molecule has 0 atom stereocenters. The lowest BCUT2D eigenvalue weighted by Crippen LogP contribution is -1.96. The molecule has 0 amide bonds. The van der Waals surface area contributed by atoms with Gasteiger partial charge in [0.25, 0.3) is 0 Å². The minimum atomic E-state index is -1.89. The Morgan fingerprint density at radius 3 is 1.18 bits per heavy atom. The Morgan fingerprint density at radius 1 is 0.380 bits per heavy atom. The van der Waals surface area contributed by atoms with Crippen LogP contribution in [0, 0.1) is 41.5 Å². The molecule has 8 heteroatoms. The molecule has 2 heterocycles. The van der Waals surface area contributed by atoms with Crippen LogP contribution in [0.4, 0.5) is 0 Å². The van der Waals surface area contributed by atoms with Crippen molar-refractivity contribution in [3.63, 3.8) is 0 Å². The third-order valence-corrected chi connectivity index (χ3v) is 10.8. The first-order valence-corrected chi connectivity index (χ1v) is 18.7. The summed E-state index contributed by atoms with van der Waals surface area (Å²) in [6.45, 7) is 12.4. The zero-order chi connectivity index (χ0) is 34.5. The van der Waals surface area contributed by atoms with Crippen LogP contribution in [0.25, 0.3) is 55.0 Å². The van der Waals surface area contributed by atoms with Gasteiger partial charge in [-0.25, -0.2) is 0 Å². The minimum Gasteiger partial charge on any atom is -0.390 e. The van der Waals surface area contributed by atoms with E-state index in [0.29, 0.717) is 22.7 Å². The number of benzene rings is 6. The van der Waals surface area contributed by atoms with Crippen molar-refractivity contribution in [2.45, 2.75) is 41.5 Å². The number of para-hydroxylation sites is 2. The van der Waals surface area contributed by atoms with E-state index >= 15 is 0 Å². The summed E-state index contributed by atoms with van der Waals surface area (Å²) in [5.74, 6) is 1.32. The lowest BCUT2D eigenvalue weighted by molar-refractivity contribution is 0.491. The van der Waals surface area contributed by atoms with E-state index in [0.717, 1.165) is 77.2 Å². The Balaban J connectivity index is 1.32. The van der Waals surface area contributed by atoms with E-state index in [4.69, 9.17) is 25.8 Å². The molecular formula is C42H36O6P2. The Hall–Kier alpha value is -5.28. The van der Waals surface area contributed by atoms with Crippen molar-refractivity contribution in [1.29, 1.82) is 0 Å². The maximum Gasteiger partial charge on any atom is 0.453 e. The number of hydrogen-bond acceptors (Lipinski definition) is 6. The van der Waals surface area contributed by atoms with Gasteiger partial charge >= 0.3 is 16.5 Å². The van der Waals surface area contributed by atoms with Crippen molar-refractivity contribution in [2.24, 2.45) is 0 Å². The van der Waals surface area contributed by atoms with Gasteiger partial charge in [-0.15, -0.1) is 0 Å². The fraction of sp³-hybridized carbons (Fsp3) is 0.143. The van der Waals surface area contributed by atoms with E-state index < -0.39 is 16.5 Å². The Bertz CT molecular complexity index is 2570. The van der Waals surface area contributed by atoms with Gasteiger partial charge in [-0.2, -0.15) is 0 Å². The van der Waals surface area contributed by atoms with E-state index in [1.807, 2.05) is 86.6 Å². The van der Waals surface area contributed by atoms with Crippen LogP contribution in [0.5, 0.6) is 11.5 Å². The standard InChI is InChI=1S/C42H36O6P2/c1-25-15-17-39-33(21-25)34-22-26(2)16-18-40(34)46-50(45-39)48-42-30(6)20-28(4)24-36(42)35-23-27(3)19-29(5)41(35)47-49-43-37-13-9-7-11-31(37)32-12-8-10-14-38(32)44-49/h7-24H,1-6H3. The predicted octanol–water partition coefficient (Wildman–Crippen LogP) is 14.1. The first-order chi connectivity index (χ1) is 24.2. The molecule has 0 bridgehead atoms. The summed E-state index contributed by atoms with van der Waals surface area (Å²) in [4.78, 5) is 0. The van der Waals surface area contributed by atoms with Gasteiger partial charge in [-0.05, 0) is 112 Å². The first-order valence-electron chi connectivity index (χ1n) is 16.5. The number of rotatable bonds is 5. The molecule has 0 radical (unpaired) electrons. The highest BCUT2D eigenvalue weighted by Crippen LogP contribution is 2.48. The lowest BCUT2D eigenvalue weighted by atomic mass is 9.95. The molecule has 8 rings (SSSR count). The van der Waals surface area contributed by atoms with Crippen molar-refractivity contribution in [3.05, 3.63) is 143 Å². The molecule has 6 aromatic carbocycles. The molecule has 8 aromatic rings. The Morgan fingerprint density at radius 2 is 0.760 bits per heavy atom. The molecule has 6 nitrogen and oxygen atoms in total. The van der Waals surface area contributed by atoms with Gasteiger partial charge in [0.15, 0.2) is 0 Å². The summed E-state index contributed by atoms with van der Waals surface area (Å²) >= 11 is 0. The molecule has 0 fully saturated rings. The molecule has 0 aliphatic rings. The van der Waals surface area contributed by atoms with E-state index in [9.17, 15) is 0 Å². The van der Waals surface area contributed by atoms with Crippen LogP contribution in [-0.2, 0) is 0 Å². The minimum absolute atomic E-state index is 0.658. The fourth-order valence-corrected chi connectivity index (χ4v) is 8.82. The average Bonchev–Trinajstić information content (AvgIpc) is 3.34. The molecule has 0 unspecified atom stereocenters.